The normalized spacial score (nSPS) is 14.3. The van der Waals surface area contributed by atoms with Crippen LogP contribution >= 0.6 is 0 Å². The van der Waals surface area contributed by atoms with Crippen LogP contribution in [0.4, 0.5) is 5.69 Å². The standard InChI is InChI=1S/C19H21N5O2/c20-19(26)16-8-15(23-5-1-2-6-23)9-21-17(16)7-14-11-24-10-13(12-25)3-4-18(24)22-14/h3-4,8-11,25H,1-2,5-7,12H2,(H2,20,26). The Morgan fingerprint density at radius 1 is 1.23 bits per heavy atom. The van der Waals surface area contributed by atoms with E-state index in [1.54, 1.807) is 0 Å². The molecule has 0 atom stereocenters. The summed E-state index contributed by atoms with van der Waals surface area (Å²) >= 11 is 0. The van der Waals surface area contributed by atoms with Crippen molar-refractivity contribution < 1.29 is 9.90 Å². The van der Waals surface area contributed by atoms with Crippen molar-refractivity contribution >= 4 is 17.2 Å². The van der Waals surface area contributed by atoms with Gasteiger partial charge in [0.15, 0.2) is 0 Å². The van der Waals surface area contributed by atoms with Crippen LogP contribution < -0.4 is 10.6 Å². The van der Waals surface area contributed by atoms with Gasteiger partial charge in [0.2, 0.25) is 0 Å². The largest absolute Gasteiger partial charge is 0.392 e. The predicted molar refractivity (Wildman–Crippen MR) is 98.1 cm³/mol. The van der Waals surface area contributed by atoms with E-state index in [1.807, 2.05) is 41.2 Å². The molecule has 0 aliphatic carbocycles. The number of primary amides is 1. The van der Waals surface area contributed by atoms with E-state index in [2.05, 4.69) is 14.9 Å². The molecule has 0 bridgehead atoms. The first-order valence-electron chi connectivity index (χ1n) is 8.75. The van der Waals surface area contributed by atoms with Crippen LogP contribution in [0.25, 0.3) is 5.65 Å². The monoisotopic (exact) mass is 351 g/mol. The molecule has 3 N–H and O–H groups in total. The maximum atomic E-state index is 11.9. The number of rotatable bonds is 5. The average molecular weight is 351 g/mol. The van der Waals surface area contributed by atoms with E-state index in [1.165, 1.54) is 0 Å². The van der Waals surface area contributed by atoms with Gasteiger partial charge >= 0.3 is 0 Å². The molecule has 1 amide bonds. The molecule has 1 saturated heterocycles. The second-order valence-corrected chi connectivity index (χ2v) is 6.62. The summed E-state index contributed by atoms with van der Waals surface area (Å²) in [6, 6.07) is 5.54. The number of hydrogen-bond acceptors (Lipinski definition) is 5. The molecule has 1 aliphatic rings. The molecule has 4 heterocycles. The van der Waals surface area contributed by atoms with Crippen LogP contribution in [0, 0.1) is 0 Å². The van der Waals surface area contributed by atoms with E-state index >= 15 is 0 Å². The van der Waals surface area contributed by atoms with E-state index < -0.39 is 5.91 Å². The number of carbonyl (C=O) groups excluding carboxylic acids is 1. The molecule has 3 aromatic heterocycles. The first-order chi connectivity index (χ1) is 12.6. The smallest absolute Gasteiger partial charge is 0.250 e. The van der Waals surface area contributed by atoms with Gasteiger partial charge in [0, 0.05) is 31.9 Å². The van der Waals surface area contributed by atoms with Gasteiger partial charge in [0.25, 0.3) is 5.91 Å². The number of carbonyl (C=O) groups is 1. The zero-order valence-electron chi connectivity index (χ0n) is 14.4. The highest BCUT2D eigenvalue weighted by molar-refractivity contribution is 5.95. The van der Waals surface area contributed by atoms with E-state index in [4.69, 9.17) is 5.73 Å². The first-order valence-corrected chi connectivity index (χ1v) is 8.75. The van der Waals surface area contributed by atoms with Crippen LogP contribution in [-0.2, 0) is 13.0 Å². The number of nitrogens with two attached hydrogens (primary N) is 1. The third-order valence-corrected chi connectivity index (χ3v) is 4.79. The van der Waals surface area contributed by atoms with Crippen LogP contribution in [0.5, 0.6) is 0 Å². The first kappa shape index (κ1) is 16.5. The summed E-state index contributed by atoms with van der Waals surface area (Å²) in [5.74, 6) is -0.472. The number of aliphatic hydroxyl groups excluding tert-OH is 1. The molecule has 0 aromatic carbocycles. The summed E-state index contributed by atoms with van der Waals surface area (Å²) < 4.78 is 1.86. The molecule has 0 radical (unpaired) electrons. The van der Waals surface area contributed by atoms with E-state index in [0.29, 0.717) is 17.7 Å². The molecule has 3 aromatic rings. The molecule has 4 rings (SSSR count). The number of aromatic nitrogens is 3. The van der Waals surface area contributed by atoms with Gasteiger partial charge in [-0.1, -0.05) is 6.07 Å². The number of nitrogens with zero attached hydrogens (tertiary/aromatic N) is 4. The second-order valence-electron chi connectivity index (χ2n) is 6.62. The van der Waals surface area contributed by atoms with Crippen molar-refractivity contribution in [1.29, 1.82) is 0 Å². The Labute approximate surface area is 151 Å². The van der Waals surface area contributed by atoms with Gasteiger partial charge in [-0.15, -0.1) is 0 Å². The molecule has 0 spiro atoms. The van der Waals surface area contributed by atoms with Crippen molar-refractivity contribution in [1.82, 2.24) is 14.4 Å². The molecule has 0 unspecified atom stereocenters. The quantitative estimate of drug-likeness (QED) is 0.726. The van der Waals surface area contributed by atoms with Gasteiger partial charge in [-0.3, -0.25) is 9.78 Å². The Morgan fingerprint density at radius 2 is 2.04 bits per heavy atom. The average Bonchev–Trinajstić information content (AvgIpc) is 3.30. The van der Waals surface area contributed by atoms with Gasteiger partial charge in [0.05, 0.1) is 35.4 Å². The molecule has 7 heteroatoms. The number of fused-ring (bicyclic) bond motifs is 1. The molecule has 7 nitrogen and oxygen atoms in total. The summed E-state index contributed by atoms with van der Waals surface area (Å²) in [5.41, 5.74) is 10.0. The van der Waals surface area contributed by atoms with E-state index in [0.717, 1.165) is 48.5 Å². The minimum atomic E-state index is -0.472. The number of amides is 1. The molecular weight excluding hydrogens is 330 g/mol. The number of anilines is 1. The lowest BCUT2D eigenvalue weighted by Gasteiger charge is -2.18. The zero-order valence-corrected chi connectivity index (χ0v) is 14.4. The van der Waals surface area contributed by atoms with Gasteiger partial charge in [-0.05, 0) is 30.5 Å². The minimum absolute atomic E-state index is 0.0191. The van der Waals surface area contributed by atoms with Crippen LogP contribution in [0.3, 0.4) is 0 Å². The maximum absolute atomic E-state index is 11.9. The second kappa shape index (κ2) is 6.76. The Morgan fingerprint density at radius 3 is 2.77 bits per heavy atom. The maximum Gasteiger partial charge on any atom is 0.250 e. The fourth-order valence-electron chi connectivity index (χ4n) is 3.43. The van der Waals surface area contributed by atoms with Gasteiger partial charge in [-0.2, -0.15) is 0 Å². The van der Waals surface area contributed by atoms with E-state index in [-0.39, 0.29) is 6.61 Å². The summed E-state index contributed by atoms with van der Waals surface area (Å²) in [7, 11) is 0. The Balaban J connectivity index is 1.65. The van der Waals surface area contributed by atoms with E-state index in [9.17, 15) is 9.90 Å². The van der Waals surface area contributed by atoms with Crippen LogP contribution in [0.2, 0.25) is 0 Å². The summed E-state index contributed by atoms with van der Waals surface area (Å²) in [5, 5.41) is 9.25. The minimum Gasteiger partial charge on any atom is -0.392 e. The Hall–Kier alpha value is -2.93. The van der Waals surface area contributed by atoms with Gasteiger partial charge < -0.3 is 20.1 Å². The lowest BCUT2D eigenvalue weighted by Crippen LogP contribution is -2.21. The number of pyridine rings is 2. The molecular formula is C19H21N5O2. The SMILES string of the molecule is NC(=O)c1cc(N2CCCC2)cnc1Cc1cn2cc(CO)ccc2n1. The fraction of sp³-hybridized carbons (Fsp3) is 0.316. The van der Waals surface area contributed by atoms with Gasteiger partial charge in [0.1, 0.15) is 5.65 Å². The van der Waals surface area contributed by atoms with Crippen LogP contribution in [0.15, 0.2) is 36.8 Å². The highest BCUT2D eigenvalue weighted by Gasteiger charge is 2.18. The number of aliphatic hydroxyl groups is 1. The van der Waals surface area contributed by atoms with Crippen molar-refractivity contribution in [3.05, 3.63) is 59.3 Å². The molecule has 134 valence electrons. The van der Waals surface area contributed by atoms with Crippen LogP contribution in [-0.4, -0.2) is 38.5 Å². The van der Waals surface area contributed by atoms with Crippen molar-refractivity contribution in [2.45, 2.75) is 25.9 Å². The third kappa shape index (κ3) is 3.13. The highest BCUT2D eigenvalue weighted by atomic mass is 16.3. The van der Waals surface area contributed by atoms with Gasteiger partial charge in [-0.25, -0.2) is 4.98 Å². The Kier molecular flexibility index (Phi) is 4.30. The lowest BCUT2D eigenvalue weighted by molar-refractivity contribution is 0.0999. The highest BCUT2D eigenvalue weighted by Crippen LogP contribution is 2.23. The Bertz CT molecular complexity index is 960. The molecule has 26 heavy (non-hydrogen) atoms. The van der Waals surface area contributed by atoms with Crippen molar-refractivity contribution in [3.8, 4) is 0 Å². The molecule has 1 aliphatic heterocycles. The predicted octanol–water partition coefficient (Wildman–Crippen LogP) is 1.51. The zero-order chi connectivity index (χ0) is 18.1. The third-order valence-electron chi connectivity index (χ3n) is 4.79. The fourth-order valence-corrected chi connectivity index (χ4v) is 3.43. The molecule has 1 fully saturated rings. The van der Waals surface area contributed by atoms with Crippen molar-refractivity contribution in [2.75, 3.05) is 18.0 Å². The number of imidazole rings is 1. The number of hydrogen-bond donors (Lipinski definition) is 2. The van der Waals surface area contributed by atoms with Crippen molar-refractivity contribution in [3.63, 3.8) is 0 Å². The topological polar surface area (TPSA) is 96.8 Å². The lowest BCUT2D eigenvalue weighted by atomic mass is 10.1. The summed E-state index contributed by atoms with van der Waals surface area (Å²) in [6.45, 7) is 1.95. The molecule has 0 saturated carbocycles. The van der Waals surface area contributed by atoms with Crippen molar-refractivity contribution in [2.24, 2.45) is 5.73 Å². The summed E-state index contributed by atoms with van der Waals surface area (Å²) in [6.07, 6.45) is 8.27. The van der Waals surface area contributed by atoms with Crippen LogP contribution in [0.1, 0.15) is 40.2 Å². The summed E-state index contributed by atoms with van der Waals surface area (Å²) in [4.78, 5) is 23.2.